The standard InChI is InChI=1S/C25H38N4O3/c1-16(2)6-5-7-23-27-28-25(29(23)20-9-10-20)19(13-21(31)15-30)14-24(32)26-22-11-8-17(3)12-18(22)4/h8,11-12,16,19-21,30-31H,5-7,9-10,13-15H2,1-4H3,(H,26,32)/t19-,21+/m1/s1. The molecule has 2 atom stereocenters. The number of rotatable bonds is 12. The highest BCUT2D eigenvalue weighted by molar-refractivity contribution is 5.92. The first-order chi connectivity index (χ1) is 15.3. The molecular weight excluding hydrogens is 404 g/mol. The van der Waals surface area contributed by atoms with Crippen LogP contribution in [-0.4, -0.2) is 43.6 Å². The molecule has 7 heteroatoms. The van der Waals surface area contributed by atoms with Crippen molar-refractivity contribution in [3.63, 3.8) is 0 Å². The third kappa shape index (κ3) is 6.62. The van der Waals surface area contributed by atoms with Crippen molar-refractivity contribution in [2.45, 2.75) is 90.7 Å². The maximum atomic E-state index is 12.9. The van der Waals surface area contributed by atoms with Crippen LogP contribution >= 0.6 is 0 Å². The number of nitrogens with one attached hydrogen (secondary N) is 1. The van der Waals surface area contributed by atoms with E-state index in [-0.39, 0.29) is 31.3 Å². The number of aliphatic hydroxyl groups is 2. The fourth-order valence-electron chi connectivity index (χ4n) is 4.25. The van der Waals surface area contributed by atoms with E-state index in [1.165, 1.54) is 0 Å². The van der Waals surface area contributed by atoms with Crippen molar-refractivity contribution in [1.82, 2.24) is 14.8 Å². The van der Waals surface area contributed by atoms with Crippen LogP contribution in [0.4, 0.5) is 5.69 Å². The second kappa shape index (κ2) is 11.1. The highest BCUT2D eigenvalue weighted by Crippen LogP contribution is 2.39. The number of benzene rings is 1. The Bertz CT molecular complexity index is 905. The fraction of sp³-hybridized carbons (Fsp3) is 0.640. The molecule has 3 rings (SSSR count). The molecule has 0 unspecified atom stereocenters. The van der Waals surface area contributed by atoms with E-state index < -0.39 is 6.10 Å². The lowest BCUT2D eigenvalue weighted by atomic mass is 9.96. The molecule has 0 saturated heterocycles. The zero-order valence-corrected chi connectivity index (χ0v) is 19.8. The zero-order valence-electron chi connectivity index (χ0n) is 19.8. The van der Waals surface area contributed by atoms with E-state index in [1.807, 2.05) is 32.0 Å². The van der Waals surface area contributed by atoms with E-state index in [4.69, 9.17) is 0 Å². The van der Waals surface area contributed by atoms with Crippen LogP contribution in [0.25, 0.3) is 0 Å². The Hall–Kier alpha value is -2.25. The fourth-order valence-corrected chi connectivity index (χ4v) is 4.25. The van der Waals surface area contributed by atoms with Gasteiger partial charge >= 0.3 is 0 Å². The summed E-state index contributed by atoms with van der Waals surface area (Å²) in [5.74, 6) is 1.94. The van der Waals surface area contributed by atoms with Crippen molar-refractivity contribution in [1.29, 1.82) is 0 Å². The van der Waals surface area contributed by atoms with Crippen LogP contribution < -0.4 is 5.32 Å². The van der Waals surface area contributed by atoms with E-state index in [2.05, 4.69) is 33.9 Å². The number of aromatic nitrogens is 3. The van der Waals surface area contributed by atoms with Gasteiger partial charge < -0.3 is 20.1 Å². The summed E-state index contributed by atoms with van der Waals surface area (Å²) in [6.07, 6.45) is 4.79. The topological polar surface area (TPSA) is 100 Å². The number of amides is 1. The summed E-state index contributed by atoms with van der Waals surface area (Å²) in [5, 5.41) is 31.6. The van der Waals surface area contributed by atoms with Gasteiger partial charge in [-0.25, -0.2) is 0 Å². The third-order valence-electron chi connectivity index (χ3n) is 6.11. The van der Waals surface area contributed by atoms with E-state index in [0.717, 1.165) is 60.6 Å². The summed E-state index contributed by atoms with van der Waals surface area (Å²) >= 11 is 0. The normalized spacial score (nSPS) is 15.7. The summed E-state index contributed by atoms with van der Waals surface area (Å²) < 4.78 is 2.21. The minimum absolute atomic E-state index is 0.126. The summed E-state index contributed by atoms with van der Waals surface area (Å²) in [5.41, 5.74) is 2.95. The van der Waals surface area contributed by atoms with Crippen LogP contribution in [0, 0.1) is 19.8 Å². The Balaban J connectivity index is 1.79. The molecule has 176 valence electrons. The van der Waals surface area contributed by atoms with Crippen molar-refractivity contribution < 1.29 is 15.0 Å². The molecule has 1 aliphatic carbocycles. The molecule has 1 aromatic carbocycles. The summed E-state index contributed by atoms with van der Waals surface area (Å²) in [6, 6.07) is 6.31. The Morgan fingerprint density at radius 3 is 2.62 bits per heavy atom. The van der Waals surface area contributed by atoms with E-state index in [0.29, 0.717) is 12.0 Å². The minimum atomic E-state index is -0.900. The first-order valence-electron chi connectivity index (χ1n) is 11.9. The maximum absolute atomic E-state index is 12.9. The predicted molar refractivity (Wildman–Crippen MR) is 126 cm³/mol. The second-order valence-electron chi connectivity index (χ2n) is 9.70. The van der Waals surface area contributed by atoms with Gasteiger partial charge in [0.25, 0.3) is 0 Å². The van der Waals surface area contributed by atoms with Crippen LogP contribution in [0.1, 0.15) is 87.1 Å². The molecule has 32 heavy (non-hydrogen) atoms. The Labute approximate surface area is 191 Å². The van der Waals surface area contributed by atoms with Crippen LogP contribution in [0.3, 0.4) is 0 Å². The van der Waals surface area contributed by atoms with E-state index in [1.54, 1.807) is 0 Å². The van der Waals surface area contributed by atoms with Crippen molar-refractivity contribution in [3.8, 4) is 0 Å². The van der Waals surface area contributed by atoms with Gasteiger partial charge in [0.1, 0.15) is 11.6 Å². The van der Waals surface area contributed by atoms with Gasteiger partial charge in [0.2, 0.25) is 5.91 Å². The molecule has 1 aliphatic rings. The Kier molecular flexibility index (Phi) is 8.43. The van der Waals surface area contributed by atoms with Crippen LogP contribution in [-0.2, 0) is 11.2 Å². The lowest BCUT2D eigenvalue weighted by Crippen LogP contribution is -2.24. The quantitative estimate of drug-likeness (QED) is 0.460. The van der Waals surface area contributed by atoms with Crippen molar-refractivity contribution in [3.05, 3.63) is 41.0 Å². The smallest absolute Gasteiger partial charge is 0.225 e. The number of carbonyl (C=O) groups is 1. The molecule has 0 spiro atoms. The van der Waals surface area contributed by atoms with Crippen LogP contribution in [0.15, 0.2) is 18.2 Å². The van der Waals surface area contributed by atoms with Crippen LogP contribution in [0.5, 0.6) is 0 Å². The first-order valence-corrected chi connectivity index (χ1v) is 11.9. The molecule has 2 aromatic rings. The van der Waals surface area contributed by atoms with Gasteiger partial charge in [0, 0.05) is 30.5 Å². The summed E-state index contributed by atoms with van der Waals surface area (Å²) in [4.78, 5) is 12.9. The van der Waals surface area contributed by atoms with E-state index >= 15 is 0 Å². The van der Waals surface area contributed by atoms with Crippen molar-refractivity contribution >= 4 is 11.6 Å². The monoisotopic (exact) mass is 442 g/mol. The largest absolute Gasteiger partial charge is 0.394 e. The molecule has 1 heterocycles. The molecule has 3 N–H and O–H groups in total. The molecule has 1 amide bonds. The molecule has 1 aromatic heterocycles. The number of aryl methyl sites for hydroxylation is 3. The lowest BCUT2D eigenvalue weighted by Gasteiger charge is -2.20. The maximum Gasteiger partial charge on any atom is 0.225 e. The summed E-state index contributed by atoms with van der Waals surface area (Å²) in [6.45, 7) is 8.10. The Morgan fingerprint density at radius 2 is 2.00 bits per heavy atom. The number of carbonyl (C=O) groups excluding carboxylic acids is 1. The van der Waals surface area contributed by atoms with Crippen molar-refractivity contribution in [2.75, 3.05) is 11.9 Å². The van der Waals surface area contributed by atoms with Gasteiger partial charge in [-0.2, -0.15) is 0 Å². The van der Waals surface area contributed by atoms with Gasteiger partial charge in [0.15, 0.2) is 0 Å². The molecule has 1 saturated carbocycles. The number of anilines is 1. The average molecular weight is 443 g/mol. The van der Waals surface area contributed by atoms with Gasteiger partial charge in [0.05, 0.1) is 12.7 Å². The molecule has 0 aliphatic heterocycles. The molecule has 0 radical (unpaired) electrons. The number of hydrogen-bond donors (Lipinski definition) is 3. The van der Waals surface area contributed by atoms with Gasteiger partial charge in [-0.05, 0) is 57.1 Å². The lowest BCUT2D eigenvalue weighted by molar-refractivity contribution is -0.116. The van der Waals surface area contributed by atoms with Gasteiger partial charge in [-0.3, -0.25) is 4.79 Å². The SMILES string of the molecule is Cc1ccc(NC(=O)C[C@@H](C[C@H](O)CO)c2nnc(CCCC(C)C)n2C2CC2)c(C)c1. The predicted octanol–water partition coefficient (Wildman–Crippen LogP) is 4.06. The number of hydrogen-bond acceptors (Lipinski definition) is 5. The number of aliphatic hydroxyl groups excluding tert-OH is 2. The zero-order chi connectivity index (χ0) is 23.3. The van der Waals surface area contributed by atoms with Crippen molar-refractivity contribution in [2.24, 2.45) is 5.92 Å². The van der Waals surface area contributed by atoms with Gasteiger partial charge in [-0.15, -0.1) is 10.2 Å². The highest BCUT2D eigenvalue weighted by atomic mass is 16.3. The Morgan fingerprint density at radius 1 is 1.25 bits per heavy atom. The molecular formula is C25H38N4O3. The highest BCUT2D eigenvalue weighted by Gasteiger charge is 2.33. The molecule has 0 bridgehead atoms. The first kappa shape index (κ1) is 24.4. The van der Waals surface area contributed by atoms with Gasteiger partial charge in [-0.1, -0.05) is 38.0 Å². The molecule has 1 fully saturated rings. The van der Waals surface area contributed by atoms with Crippen LogP contribution in [0.2, 0.25) is 0 Å². The third-order valence-corrected chi connectivity index (χ3v) is 6.11. The minimum Gasteiger partial charge on any atom is -0.394 e. The number of nitrogens with zero attached hydrogens (tertiary/aromatic N) is 3. The summed E-state index contributed by atoms with van der Waals surface area (Å²) in [7, 11) is 0. The van der Waals surface area contributed by atoms with E-state index in [9.17, 15) is 15.0 Å². The molecule has 7 nitrogen and oxygen atoms in total. The average Bonchev–Trinajstić information content (AvgIpc) is 3.48. The second-order valence-corrected chi connectivity index (χ2v) is 9.70.